The first kappa shape index (κ1) is 14.7. The highest BCUT2D eigenvalue weighted by molar-refractivity contribution is 7.92. The summed E-state index contributed by atoms with van der Waals surface area (Å²) in [6.07, 6.45) is 1.01. The molecule has 1 aromatic heterocycles. The standard InChI is InChI=1S/C12H10FN3O4S/c13-11-4-2-8(6-15-11)16-21(19,20)10-3-1-7(12(17)18)5-9(10)14/h1-6,16H,14H2,(H,17,18). The minimum absolute atomic E-state index is 0.0538. The summed E-state index contributed by atoms with van der Waals surface area (Å²) < 4.78 is 39.1. The van der Waals surface area contributed by atoms with Crippen molar-refractivity contribution < 1.29 is 22.7 Å². The Morgan fingerprint density at radius 3 is 2.52 bits per heavy atom. The van der Waals surface area contributed by atoms with E-state index in [0.29, 0.717) is 0 Å². The van der Waals surface area contributed by atoms with E-state index in [1.165, 1.54) is 6.07 Å². The van der Waals surface area contributed by atoms with Gasteiger partial charge in [-0.1, -0.05) is 0 Å². The Labute approximate surface area is 119 Å². The van der Waals surface area contributed by atoms with Gasteiger partial charge in [0.2, 0.25) is 5.95 Å². The van der Waals surface area contributed by atoms with Gasteiger partial charge in [-0.15, -0.1) is 0 Å². The molecule has 0 bridgehead atoms. The van der Waals surface area contributed by atoms with Crippen molar-refractivity contribution in [2.75, 3.05) is 10.5 Å². The molecule has 21 heavy (non-hydrogen) atoms. The third-order valence-corrected chi connectivity index (χ3v) is 3.98. The van der Waals surface area contributed by atoms with Crippen molar-refractivity contribution in [2.45, 2.75) is 4.90 Å². The fourth-order valence-electron chi connectivity index (χ4n) is 1.57. The lowest BCUT2D eigenvalue weighted by Gasteiger charge is -2.10. The highest BCUT2D eigenvalue weighted by Gasteiger charge is 2.19. The van der Waals surface area contributed by atoms with Crippen LogP contribution in [-0.4, -0.2) is 24.5 Å². The highest BCUT2D eigenvalue weighted by Crippen LogP contribution is 2.22. The Kier molecular flexibility index (Phi) is 3.76. The van der Waals surface area contributed by atoms with Crippen LogP contribution in [0.5, 0.6) is 0 Å². The number of aromatic nitrogens is 1. The second-order valence-electron chi connectivity index (χ2n) is 4.03. The van der Waals surface area contributed by atoms with Gasteiger partial charge in [0.05, 0.1) is 23.1 Å². The second kappa shape index (κ2) is 5.37. The van der Waals surface area contributed by atoms with Crippen molar-refractivity contribution in [3.63, 3.8) is 0 Å². The number of nitrogen functional groups attached to an aromatic ring is 1. The normalized spacial score (nSPS) is 11.1. The van der Waals surface area contributed by atoms with E-state index in [1.54, 1.807) is 0 Å². The molecule has 7 nitrogen and oxygen atoms in total. The van der Waals surface area contributed by atoms with Gasteiger partial charge in [-0.2, -0.15) is 4.39 Å². The molecule has 0 aliphatic heterocycles. The van der Waals surface area contributed by atoms with Crippen molar-refractivity contribution in [2.24, 2.45) is 0 Å². The topological polar surface area (TPSA) is 122 Å². The molecule has 0 saturated heterocycles. The van der Waals surface area contributed by atoms with Crippen molar-refractivity contribution in [1.29, 1.82) is 0 Å². The Morgan fingerprint density at radius 2 is 2.00 bits per heavy atom. The third kappa shape index (κ3) is 3.26. The maximum absolute atomic E-state index is 12.7. The van der Waals surface area contributed by atoms with Crippen LogP contribution in [-0.2, 0) is 10.0 Å². The van der Waals surface area contributed by atoms with Gasteiger partial charge < -0.3 is 10.8 Å². The lowest BCUT2D eigenvalue weighted by molar-refractivity contribution is 0.0697. The van der Waals surface area contributed by atoms with Crippen molar-refractivity contribution in [3.8, 4) is 0 Å². The number of sulfonamides is 1. The number of aromatic carboxylic acids is 1. The lowest BCUT2D eigenvalue weighted by atomic mass is 10.2. The van der Waals surface area contributed by atoms with Gasteiger partial charge in [0, 0.05) is 0 Å². The molecule has 4 N–H and O–H groups in total. The van der Waals surface area contributed by atoms with Crippen LogP contribution in [0, 0.1) is 5.95 Å². The zero-order chi connectivity index (χ0) is 15.6. The van der Waals surface area contributed by atoms with Gasteiger partial charge in [-0.05, 0) is 30.3 Å². The summed E-state index contributed by atoms with van der Waals surface area (Å²) in [5.41, 5.74) is 5.28. The second-order valence-corrected chi connectivity index (χ2v) is 5.68. The van der Waals surface area contributed by atoms with E-state index >= 15 is 0 Å². The first-order valence-corrected chi connectivity index (χ1v) is 7.05. The molecule has 9 heteroatoms. The number of nitrogens with two attached hydrogens (primary N) is 1. The van der Waals surface area contributed by atoms with Crippen LogP contribution in [0.1, 0.15) is 10.4 Å². The Morgan fingerprint density at radius 1 is 1.29 bits per heavy atom. The molecule has 0 atom stereocenters. The fourth-order valence-corrected chi connectivity index (χ4v) is 2.73. The van der Waals surface area contributed by atoms with Gasteiger partial charge in [-0.25, -0.2) is 18.2 Å². The van der Waals surface area contributed by atoms with Crippen LogP contribution in [0.25, 0.3) is 0 Å². The number of benzene rings is 1. The zero-order valence-corrected chi connectivity index (χ0v) is 11.3. The Bertz CT molecular complexity index is 791. The molecule has 110 valence electrons. The van der Waals surface area contributed by atoms with Crippen molar-refractivity contribution >= 4 is 27.4 Å². The van der Waals surface area contributed by atoms with Crippen LogP contribution in [0.15, 0.2) is 41.4 Å². The summed E-state index contributed by atoms with van der Waals surface area (Å²) in [7, 11) is -4.03. The van der Waals surface area contributed by atoms with E-state index in [-0.39, 0.29) is 21.8 Å². The molecule has 2 aromatic rings. The minimum Gasteiger partial charge on any atom is -0.478 e. The maximum atomic E-state index is 12.7. The number of carboxylic acid groups (broad SMARTS) is 1. The molecule has 0 aliphatic rings. The predicted molar refractivity (Wildman–Crippen MR) is 72.8 cm³/mol. The summed E-state index contributed by atoms with van der Waals surface area (Å²) in [6.45, 7) is 0. The smallest absolute Gasteiger partial charge is 0.335 e. The van der Waals surface area contributed by atoms with Crippen LogP contribution < -0.4 is 10.5 Å². The number of anilines is 2. The molecule has 2 rings (SSSR count). The number of nitrogens with one attached hydrogen (secondary N) is 1. The molecule has 0 amide bonds. The average Bonchev–Trinajstić information content (AvgIpc) is 2.40. The quantitative estimate of drug-likeness (QED) is 0.578. The van der Waals surface area contributed by atoms with Gasteiger partial charge in [-0.3, -0.25) is 4.72 Å². The maximum Gasteiger partial charge on any atom is 0.335 e. The largest absolute Gasteiger partial charge is 0.478 e. The number of hydrogen-bond donors (Lipinski definition) is 3. The SMILES string of the molecule is Nc1cc(C(=O)O)ccc1S(=O)(=O)Nc1ccc(F)nc1. The third-order valence-electron chi connectivity index (χ3n) is 2.53. The van der Waals surface area contributed by atoms with Crippen LogP contribution in [0.3, 0.4) is 0 Å². The van der Waals surface area contributed by atoms with Gasteiger partial charge >= 0.3 is 5.97 Å². The number of nitrogens with zero attached hydrogens (tertiary/aromatic N) is 1. The van der Waals surface area contributed by atoms with Gasteiger partial charge in [0.1, 0.15) is 4.90 Å². The summed E-state index contributed by atoms with van der Waals surface area (Å²) in [5.74, 6) is -1.97. The molecule has 1 aromatic carbocycles. The first-order chi connectivity index (χ1) is 9.79. The molecule has 0 fully saturated rings. The Hall–Kier alpha value is -2.68. The van der Waals surface area contributed by atoms with E-state index in [1.807, 2.05) is 0 Å². The van der Waals surface area contributed by atoms with E-state index in [4.69, 9.17) is 10.8 Å². The molecular weight excluding hydrogens is 301 g/mol. The molecular formula is C12H10FN3O4S. The fraction of sp³-hybridized carbons (Fsp3) is 0. The van der Waals surface area contributed by atoms with Crippen LogP contribution >= 0.6 is 0 Å². The molecule has 0 radical (unpaired) electrons. The predicted octanol–water partition coefficient (Wildman–Crippen LogP) is 1.30. The van der Waals surface area contributed by atoms with E-state index in [0.717, 1.165) is 30.5 Å². The molecule has 0 unspecified atom stereocenters. The van der Waals surface area contributed by atoms with Crippen LogP contribution in [0.2, 0.25) is 0 Å². The average molecular weight is 311 g/mol. The molecule has 0 aliphatic carbocycles. The van der Waals surface area contributed by atoms with Crippen LogP contribution in [0.4, 0.5) is 15.8 Å². The summed E-state index contributed by atoms with van der Waals surface area (Å²) in [4.78, 5) is 13.8. The number of hydrogen-bond acceptors (Lipinski definition) is 5. The lowest BCUT2D eigenvalue weighted by Crippen LogP contribution is -2.15. The van der Waals surface area contributed by atoms with Crippen molar-refractivity contribution in [1.82, 2.24) is 4.98 Å². The summed E-state index contributed by atoms with van der Waals surface area (Å²) >= 11 is 0. The van der Waals surface area contributed by atoms with Crippen molar-refractivity contribution in [3.05, 3.63) is 48.0 Å². The molecule has 0 saturated carbocycles. The minimum atomic E-state index is -4.03. The van der Waals surface area contributed by atoms with E-state index < -0.39 is 21.9 Å². The number of carbonyl (C=O) groups is 1. The molecule has 1 heterocycles. The number of carboxylic acids is 1. The molecule has 0 spiro atoms. The van der Waals surface area contributed by atoms with E-state index in [2.05, 4.69) is 9.71 Å². The number of rotatable bonds is 4. The monoisotopic (exact) mass is 311 g/mol. The number of halogens is 1. The van der Waals surface area contributed by atoms with Gasteiger partial charge in [0.25, 0.3) is 10.0 Å². The first-order valence-electron chi connectivity index (χ1n) is 5.57. The van der Waals surface area contributed by atoms with Gasteiger partial charge in [0.15, 0.2) is 0 Å². The summed E-state index contributed by atoms with van der Waals surface area (Å²) in [5, 5.41) is 8.80. The Balaban J connectivity index is 2.35. The zero-order valence-electron chi connectivity index (χ0n) is 10.4. The highest BCUT2D eigenvalue weighted by atomic mass is 32.2. The van der Waals surface area contributed by atoms with E-state index in [9.17, 15) is 17.6 Å². The number of pyridine rings is 1. The summed E-state index contributed by atoms with van der Waals surface area (Å²) in [6, 6.07) is 5.43.